The fraction of sp³-hybridized carbons (Fsp3) is 0.0227. The number of hydrogen-bond acceptors (Lipinski definition) is 1. The number of rotatable bonds is 6. The highest BCUT2D eigenvalue weighted by atomic mass is 32.1. The zero-order valence-electron chi connectivity index (χ0n) is 26.7. The summed E-state index contributed by atoms with van der Waals surface area (Å²) in [5, 5.41) is 0. The van der Waals surface area contributed by atoms with E-state index in [1.807, 2.05) is 11.3 Å². The first kappa shape index (κ1) is 28.5. The van der Waals surface area contributed by atoms with Crippen LogP contribution in [0.15, 0.2) is 176 Å². The molecule has 8 aromatic rings. The summed E-state index contributed by atoms with van der Waals surface area (Å²) in [5.74, 6) is 0. The molecule has 1 aliphatic rings. The van der Waals surface area contributed by atoms with Gasteiger partial charge in [0.2, 0.25) is 0 Å². The fourth-order valence-electron chi connectivity index (χ4n) is 7.80. The van der Waals surface area contributed by atoms with Crippen molar-refractivity contribution in [2.24, 2.45) is 0 Å². The fourth-order valence-corrected chi connectivity index (χ4v) is 8.95. The van der Waals surface area contributed by atoms with Crippen molar-refractivity contribution in [3.05, 3.63) is 193 Å². The monoisotopic (exact) mass is 632 g/mol. The van der Waals surface area contributed by atoms with Crippen LogP contribution < -0.4 is 15.4 Å². The minimum atomic E-state index is -1.50. The van der Waals surface area contributed by atoms with Crippen LogP contribution in [0.2, 0.25) is 0 Å². The van der Waals surface area contributed by atoms with Crippen LogP contribution in [0.4, 0.5) is 0 Å². The Morgan fingerprint density at radius 2 is 1.12 bits per heavy atom. The van der Waals surface area contributed by atoms with Gasteiger partial charge >= 0.3 is 6.28 Å². The average molecular weight is 633 g/mol. The van der Waals surface area contributed by atoms with Crippen LogP contribution in [-0.4, -0.2) is 10.7 Å². The quantitative estimate of drug-likeness (QED) is 0.162. The summed E-state index contributed by atoms with van der Waals surface area (Å²) < 4.78 is 4.82. The molecule has 0 bridgehead atoms. The maximum Gasteiger partial charge on any atom is 0.361 e. The van der Waals surface area contributed by atoms with Gasteiger partial charge in [-0.25, -0.2) is 0 Å². The highest BCUT2D eigenvalue weighted by Gasteiger charge is 2.48. The number of fused-ring (bicyclic) bond motifs is 2. The average Bonchev–Trinajstić information content (AvgIpc) is 3.86. The lowest BCUT2D eigenvalue weighted by Gasteiger charge is -2.36. The summed E-state index contributed by atoms with van der Waals surface area (Å²) >= 11 is 1.88. The van der Waals surface area contributed by atoms with Gasteiger partial charge in [0.05, 0.1) is 5.56 Å². The molecule has 0 unspecified atom stereocenters. The summed E-state index contributed by atoms with van der Waals surface area (Å²) in [5.41, 5.74) is 13.8. The van der Waals surface area contributed by atoms with E-state index >= 15 is 0 Å². The number of nitrogens with zero attached hydrogens (tertiary/aromatic N) is 2. The van der Waals surface area contributed by atoms with Crippen LogP contribution in [0, 0.1) is 6.92 Å². The van der Waals surface area contributed by atoms with Crippen LogP contribution in [-0.2, 0) is 0 Å². The van der Waals surface area contributed by atoms with E-state index in [2.05, 4.69) is 198 Å². The Morgan fingerprint density at radius 3 is 1.79 bits per heavy atom. The first-order chi connectivity index (χ1) is 23.7. The van der Waals surface area contributed by atoms with Crippen molar-refractivity contribution in [2.45, 2.75) is 6.92 Å². The highest BCUT2D eigenvalue weighted by Crippen LogP contribution is 2.39. The van der Waals surface area contributed by atoms with Crippen LogP contribution in [0.3, 0.4) is 0 Å². The van der Waals surface area contributed by atoms with E-state index in [0.717, 1.165) is 0 Å². The van der Waals surface area contributed by atoms with Crippen molar-refractivity contribution < 1.29 is 4.48 Å². The molecule has 4 heteroatoms. The molecule has 48 heavy (non-hydrogen) atoms. The summed E-state index contributed by atoms with van der Waals surface area (Å²) in [7, 11) is 0. The molecule has 0 atom stereocenters. The van der Waals surface area contributed by atoms with E-state index in [1.54, 1.807) is 0 Å². The van der Waals surface area contributed by atoms with Crippen molar-refractivity contribution in [1.82, 2.24) is 4.40 Å². The normalized spacial score (nSPS) is 13.4. The van der Waals surface area contributed by atoms with Crippen molar-refractivity contribution in [1.29, 1.82) is 0 Å². The molecule has 9 rings (SSSR count). The molecule has 5 heterocycles. The lowest BCUT2D eigenvalue weighted by molar-refractivity contribution is -0.538. The van der Waals surface area contributed by atoms with Gasteiger partial charge in [0.1, 0.15) is 11.9 Å². The minimum Gasteiger partial charge on any atom is -0.408 e. The zero-order chi connectivity index (χ0) is 32.1. The number of hydrogen-bond donors (Lipinski definition) is 0. The van der Waals surface area contributed by atoms with E-state index in [9.17, 15) is 0 Å². The van der Waals surface area contributed by atoms with E-state index in [1.165, 1.54) is 70.7 Å². The van der Waals surface area contributed by atoms with Crippen LogP contribution in [0.25, 0.3) is 49.1 Å². The molecule has 4 aromatic heterocycles. The Balaban J connectivity index is 1.18. The van der Waals surface area contributed by atoms with E-state index < -0.39 is 6.28 Å². The number of aryl methyl sites for hydroxylation is 1. The first-order valence-corrected chi connectivity index (χ1v) is 17.4. The molecule has 228 valence electrons. The second kappa shape index (κ2) is 11.5. The van der Waals surface area contributed by atoms with Gasteiger partial charge in [-0.15, -0.1) is 27.7 Å². The number of aromatic nitrogens is 2. The van der Waals surface area contributed by atoms with Gasteiger partial charge in [0, 0.05) is 44.9 Å². The minimum absolute atomic E-state index is 1.20. The van der Waals surface area contributed by atoms with Gasteiger partial charge in [-0.1, -0.05) is 127 Å². The third-order valence-electron chi connectivity index (χ3n) is 10.0. The van der Waals surface area contributed by atoms with Gasteiger partial charge in [0.15, 0.2) is 0 Å². The maximum absolute atomic E-state index is 2.57. The Kier molecular flexibility index (Phi) is 6.84. The molecule has 1 aliphatic heterocycles. The zero-order valence-corrected chi connectivity index (χ0v) is 27.5. The Labute approximate surface area is 285 Å². The topological polar surface area (TPSA) is 8.29 Å². The van der Waals surface area contributed by atoms with Crippen molar-refractivity contribution in [3.8, 4) is 32.0 Å². The van der Waals surface area contributed by atoms with E-state index in [4.69, 9.17) is 0 Å². The van der Waals surface area contributed by atoms with E-state index in [0.29, 0.717) is 0 Å². The van der Waals surface area contributed by atoms with Gasteiger partial charge in [-0.2, -0.15) is 0 Å². The summed E-state index contributed by atoms with van der Waals surface area (Å²) in [4.78, 5) is 2.58. The maximum atomic E-state index is 2.57. The molecular weight excluding hydrogens is 599 g/mol. The molecule has 0 radical (unpaired) electrons. The number of thiophene rings is 1. The summed E-state index contributed by atoms with van der Waals surface area (Å²) in [6.45, 7) is 2.25. The van der Waals surface area contributed by atoms with Gasteiger partial charge < -0.3 is 8.88 Å². The molecule has 0 saturated heterocycles. The van der Waals surface area contributed by atoms with Crippen molar-refractivity contribution >= 4 is 45.6 Å². The Hall–Kier alpha value is -5.71. The van der Waals surface area contributed by atoms with Crippen molar-refractivity contribution in [2.75, 3.05) is 0 Å². The molecule has 0 fully saturated rings. The summed E-state index contributed by atoms with van der Waals surface area (Å²) in [6, 6.07) is 57.3. The Bertz CT molecular complexity index is 2400. The summed E-state index contributed by atoms with van der Waals surface area (Å²) in [6.07, 6.45) is 7.81. The third kappa shape index (κ3) is 4.60. The molecule has 2 nitrogen and oxygen atoms in total. The second-order valence-electron chi connectivity index (χ2n) is 12.8. The van der Waals surface area contributed by atoms with E-state index in [-0.39, 0.29) is 0 Å². The lowest BCUT2D eigenvalue weighted by Crippen LogP contribution is -2.78. The molecule has 0 aliphatic carbocycles. The molecule has 0 N–H and O–H groups in total. The third-order valence-corrected chi connectivity index (χ3v) is 11.4. The lowest BCUT2D eigenvalue weighted by atomic mass is 9.23. The van der Waals surface area contributed by atoms with Crippen LogP contribution in [0.5, 0.6) is 0 Å². The van der Waals surface area contributed by atoms with Gasteiger partial charge in [-0.05, 0) is 54.5 Å². The standard InChI is InChI=1S/C44H33BN2S/c1-32-26-43(35-22-24-40-27-37(30-46(40)29-35)33-14-6-2-7-15-33)48-44(32)36-23-25-41-28-42(34-16-8-3-9-17-34)45(47(41)31-36,38-18-10-4-11-19-38)39-20-12-5-13-21-39/h2-31H,1H3. The molecular formula is C44H33BN2S. The second-order valence-corrected chi connectivity index (χ2v) is 13.9. The van der Waals surface area contributed by atoms with Crippen molar-refractivity contribution in [3.63, 3.8) is 0 Å². The molecule has 4 aromatic carbocycles. The smallest absolute Gasteiger partial charge is 0.361 e. The highest BCUT2D eigenvalue weighted by molar-refractivity contribution is 7.19. The predicted octanol–water partition coefficient (Wildman–Crippen LogP) is 9.30. The molecule has 0 amide bonds. The van der Waals surface area contributed by atoms with Gasteiger partial charge in [-0.3, -0.25) is 0 Å². The largest absolute Gasteiger partial charge is 0.408 e. The van der Waals surface area contributed by atoms with Crippen LogP contribution in [0.1, 0.15) is 16.8 Å². The Morgan fingerprint density at radius 1 is 0.542 bits per heavy atom. The SMILES string of the molecule is Cc1cc(-c2ccc3cc(-c4ccccc4)cn3c2)sc1-c1ccc2[n+](c1)[B-](c1ccccc1)(c1ccccc1)C(c1ccccc1)=C2. The van der Waals surface area contributed by atoms with Crippen LogP contribution >= 0.6 is 11.3 Å². The first-order valence-electron chi connectivity index (χ1n) is 16.6. The number of pyridine rings is 2. The molecule has 0 saturated carbocycles. The van der Waals surface area contributed by atoms with Gasteiger partial charge in [0.25, 0.3) is 0 Å². The number of benzene rings is 4. The predicted molar refractivity (Wildman–Crippen MR) is 204 cm³/mol. The molecule has 0 spiro atoms.